The summed E-state index contributed by atoms with van der Waals surface area (Å²) in [5, 5.41) is 11.6. The van der Waals surface area contributed by atoms with Crippen LogP contribution in [0.4, 0.5) is 4.39 Å². The molecule has 20 heavy (non-hydrogen) atoms. The predicted molar refractivity (Wildman–Crippen MR) is 71.6 cm³/mol. The van der Waals surface area contributed by atoms with Crippen LogP contribution in [0.1, 0.15) is 31.1 Å². The van der Waals surface area contributed by atoms with Gasteiger partial charge in [-0.1, -0.05) is 6.07 Å². The van der Waals surface area contributed by atoms with E-state index in [1.165, 1.54) is 25.0 Å². The lowest BCUT2D eigenvalue weighted by Gasteiger charge is -2.22. The molecule has 0 amide bonds. The molecule has 1 unspecified atom stereocenters. The van der Waals surface area contributed by atoms with Crippen LogP contribution in [-0.2, 0) is 0 Å². The van der Waals surface area contributed by atoms with Gasteiger partial charge in [0.05, 0.1) is 0 Å². The molecule has 1 saturated heterocycles. The van der Waals surface area contributed by atoms with Crippen molar-refractivity contribution in [1.82, 2.24) is 15.5 Å². The largest absolute Gasteiger partial charge is 0.420 e. The molecule has 1 N–H and O–H groups in total. The topological polar surface area (TPSA) is 51.0 Å². The molecular weight excluding hydrogens is 257 g/mol. The van der Waals surface area contributed by atoms with Gasteiger partial charge in [0, 0.05) is 11.5 Å². The number of rotatable bonds is 2. The molecule has 1 aliphatic carbocycles. The molecule has 104 valence electrons. The van der Waals surface area contributed by atoms with E-state index in [1.54, 1.807) is 12.1 Å². The van der Waals surface area contributed by atoms with Gasteiger partial charge in [-0.3, -0.25) is 0 Å². The van der Waals surface area contributed by atoms with Gasteiger partial charge in [0.15, 0.2) is 0 Å². The Bertz CT molecular complexity index is 634. The van der Waals surface area contributed by atoms with E-state index in [2.05, 4.69) is 15.5 Å². The summed E-state index contributed by atoms with van der Waals surface area (Å²) in [5.74, 6) is 1.23. The number of benzene rings is 1. The highest BCUT2D eigenvalue weighted by molar-refractivity contribution is 5.52. The van der Waals surface area contributed by atoms with Crippen LogP contribution in [0.15, 0.2) is 28.7 Å². The third kappa shape index (κ3) is 1.93. The lowest BCUT2D eigenvalue weighted by molar-refractivity contribution is 0.328. The maximum absolute atomic E-state index is 13.2. The molecule has 4 rings (SSSR count). The number of nitrogens with zero attached hydrogens (tertiary/aromatic N) is 2. The molecule has 1 aromatic carbocycles. The number of hydrogen-bond acceptors (Lipinski definition) is 4. The van der Waals surface area contributed by atoms with Gasteiger partial charge >= 0.3 is 0 Å². The van der Waals surface area contributed by atoms with Crippen LogP contribution in [0.2, 0.25) is 0 Å². The molecule has 1 spiro atoms. The number of halogens is 1. The molecule has 2 fully saturated rings. The SMILES string of the molecule is Fc1cccc(-c2nnc(C3CC34CCNCC4)o2)c1. The van der Waals surface area contributed by atoms with Crippen LogP contribution in [0, 0.1) is 11.2 Å². The Morgan fingerprint density at radius 1 is 1.25 bits per heavy atom. The Kier molecular flexibility index (Phi) is 2.63. The molecular formula is C15H16FN3O. The van der Waals surface area contributed by atoms with Crippen molar-refractivity contribution in [3.8, 4) is 11.5 Å². The molecule has 2 aromatic rings. The third-order valence-corrected chi connectivity index (χ3v) is 4.60. The van der Waals surface area contributed by atoms with E-state index < -0.39 is 0 Å². The molecule has 0 bridgehead atoms. The Labute approximate surface area is 116 Å². The average Bonchev–Trinajstić information content (AvgIpc) is 2.95. The summed E-state index contributed by atoms with van der Waals surface area (Å²) >= 11 is 0. The summed E-state index contributed by atoms with van der Waals surface area (Å²) in [4.78, 5) is 0. The molecule has 1 atom stereocenters. The van der Waals surface area contributed by atoms with Crippen LogP contribution in [0.3, 0.4) is 0 Å². The number of nitrogens with one attached hydrogen (secondary N) is 1. The first-order valence-electron chi connectivity index (χ1n) is 7.07. The van der Waals surface area contributed by atoms with Crippen molar-refractivity contribution >= 4 is 0 Å². The van der Waals surface area contributed by atoms with E-state index in [4.69, 9.17) is 4.42 Å². The Balaban J connectivity index is 1.57. The van der Waals surface area contributed by atoms with Crippen LogP contribution in [-0.4, -0.2) is 23.3 Å². The molecule has 1 saturated carbocycles. The maximum Gasteiger partial charge on any atom is 0.247 e. The second-order valence-electron chi connectivity index (χ2n) is 5.82. The van der Waals surface area contributed by atoms with Crippen molar-refractivity contribution in [3.05, 3.63) is 36.0 Å². The van der Waals surface area contributed by atoms with Crippen molar-refractivity contribution in [3.63, 3.8) is 0 Å². The molecule has 5 heteroatoms. The zero-order valence-corrected chi connectivity index (χ0v) is 11.1. The van der Waals surface area contributed by atoms with Gasteiger partial charge in [-0.25, -0.2) is 4.39 Å². The monoisotopic (exact) mass is 273 g/mol. The summed E-state index contributed by atoms with van der Waals surface area (Å²) < 4.78 is 19.0. The molecule has 0 radical (unpaired) electrons. The fraction of sp³-hybridized carbons (Fsp3) is 0.467. The van der Waals surface area contributed by atoms with Gasteiger partial charge in [0.2, 0.25) is 11.8 Å². The van der Waals surface area contributed by atoms with E-state index in [-0.39, 0.29) is 5.82 Å². The Morgan fingerprint density at radius 2 is 2.10 bits per heavy atom. The van der Waals surface area contributed by atoms with E-state index in [0.29, 0.717) is 28.7 Å². The quantitative estimate of drug-likeness (QED) is 0.914. The van der Waals surface area contributed by atoms with E-state index >= 15 is 0 Å². The number of aromatic nitrogens is 2. The summed E-state index contributed by atoms with van der Waals surface area (Å²) in [7, 11) is 0. The average molecular weight is 273 g/mol. The minimum atomic E-state index is -0.288. The van der Waals surface area contributed by atoms with E-state index in [0.717, 1.165) is 19.5 Å². The van der Waals surface area contributed by atoms with Crippen molar-refractivity contribution < 1.29 is 8.81 Å². The highest BCUT2D eigenvalue weighted by Gasteiger charge is 2.57. The zero-order chi connectivity index (χ0) is 13.6. The first-order chi connectivity index (χ1) is 9.77. The smallest absolute Gasteiger partial charge is 0.247 e. The van der Waals surface area contributed by atoms with Crippen molar-refractivity contribution in [1.29, 1.82) is 0 Å². The molecule has 2 heterocycles. The van der Waals surface area contributed by atoms with Crippen LogP contribution in [0.5, 0.6) is 0 Å². The van der Waals surface area contributed by atoms with Gasteiger partial charge in [0.25, 0.3) is 0 Å². The Hall–Kier alpha value is -1.75. The second kappa shape index (κ2) is 4.38. The minimum Gasteiger partial charge on any atom is -0.420 e. The molecule has 4 nitrogen and oxygen atoms in total. The maximum atomic E-state index is 13.2. The van der Waals surface area contributed by atoms with Gasteiger partial charge in [0.1, 0.15) is 5.82 Å². The van der Waals surface area contributed by atoms with Crippen molar-refractivity contribution in [2.45, 2.75) is 25.2 Å². The number of hydrogen-bond donors (Lipinski definition) is 1. The van der Waals surface area contributed by atoms with E-state index in [9.17, 15) is 4.39 Å². The summed E-state index contributed by atoms with van der Waals surface area (Å²) in [6.45, 7) is 2.14. The summed E-state index contributed by atoms with van der Waals surface area (Å²) in [6.07, 6.45) is 3.49. The highest BCUT2D eigenvalue weighted by atomic mass is 19.1. The van der Waals surface area contributed by atoms with Crippen LogP contribution in [0.25, 0.3) is 11.5 Å². The molecule has 1 aromatic heterocycles. The lowest BCUT2D eigenvalue weighted by atomic mass is 9.92. The highest BCUT2D eigenvalue weighted by Crippen LogP contribution is 2.63. The minimum absolute atomic E-state index is 0.288. The normalized spacial score (nSPS) is 23.9. The van der Waals surface area contributed by atoms with Gasteiger partial charge in [-0.05, 0) is 56.0 Å². The second-order valence-corrected chi connectivity index (χ2v) is 5.82. The fourth-order valence-corrected chi connectivity index (χ4v) is 3.29. The van der Waals surface area contributed by atoms with Gasteiger partial charge in [-0.15, -0.1) is 10.2 Å². The zero-order valence-electron chi connectivity index (χ0n) is 11.1. The number of piperidine rings is 1. The van der Waals surface area contributed by atoms with E-state index in [1.807, 2.05) is 0 Å². The Morgan fingerprint density at radius 3 is 2.90 bits per heavy atom. The lowest BCUT2D eigenvalue weighted by Crippen LogP contribution is -2.29. The summed E-state index contributed by atoms with van der Waals surface area (Å²) in [5.41, 5.74) is 1.01. The first-order valence-corrected chi connectivity index (χ1v) is 7.07. The fourth-order valence-electron chi connectivity index (χ4n) is 3.29. The summed E-state index contributed by atoms with van der Waals surface area (Å²) in [6, 6.07) is 6.27. The van der Waals surface area contributed by atoms with Crippen molar-refractivity contribution in [2.24, 2.45) is 5.41 Å². The predicted octanol–water partition coefficient (Wildman–Crippen LogP) is 2.73. The van der Waals surface area contributed by atoms with Gasteiger partial charge in [-0.2, -0.15) is 0 Å². The molecule has 2 aliphatic rings. The van der Waals surface area contributed by atoms with Crippen LogP contribution < -0.4 is 5.32 Å². The van der Waals surface area contributed by atoms with Crippen LogP contribution >= 0.6 is 0 Å². The van der Waals surface area contributed by atoms with Crippen molar-refractivity contribution in [2.75, 3.05) is 13.1 Å². The third-order valence-electron chi connectivity index (χ3n) is 4.60. The molecule has 1 aliphatic heterocycles. The van der Waals surface area contributed by atoms with Gasteiger partial charge < -0.3 is 9.73 Å². The first kappa shape index (κ1) is 12.0. The standard InChI is InChI=1S/C15H16FN3O/c16-11-3-1-2-10(8-11)13-18-19-14(20-13)12-9-15(12)4-6-17-7-5-15/h1-3,8,12,17H,4-7,9H2.